The topological polar surface area (TPSA) is 57.6 Å². The lowest BCUT2D eigenvalue weighted by molar-refractivity contribution is -0.141. The number of hydrogen-bond acceptors (Lipinski definition) is 2. The van der Waals surface area contributed by atoms with Crippen LogP contribution < -0.4 is 0 Å². The van der Waals surface area contributed by atoms with Gasteiger partial charge >= 0.3 is 12.1 Å². The molecule has 0 radical (unpaired) electrons. The Bertz CT molecular complexity index is 589. The molecule has 1 heterocycles. The van der Waals surface area contributed by atoms with Crippen LogP contribution in [0.1, 0.15) is 28.8 Å². The number of alkyl halides is 3. The Balaban J connectivity index is 2.35. The molecule has 4 nitrogen and oxygen atoms in total. The van der Waals surface area contributed by atoms with Crippen molar-refractivity contribution in [2.75, 3.05) is 6.54 Å². The quantitative estimate of drug-likeness (QED) is 0.911. The first-order valence-electron chi connectivity index (χ1n) is 6.11. The van der Waals surface area contributed by atoms with Crippen molar-refractivity contribution >= 4 is 23.5 Å². The number of carbonyl (C=O) groups is 2. The third-order valence-electron chi connectivity index (χ3n) is 3.27. The number of hydrogen-bond donors (Lipinski definition) is 1. The summed E-state index contributed by atoms with van der Waals surface area (Å²) < 4.78 is 38.1. The number of nitrogens with zero attached hydrogens (tertiary/aromatic N) is 1. The summed E-state index contributed by atoms with van der Waals surface area (Å²) in [6.45, 7) is 0.198. The predicted molar refractivity (Wildman–Crippen MR) is 68.1 cm³/mol. The van der Waals surface area contributed by atoms with Crippen LogP contribution in [0.3, 0.4) is 0 Å². The van der Waals surface area contributed by atoms with Crippen LogP contribution >= 0.6 is 11.6 Å². The fourth-order valence-electron chi connectivity index (χ4n) is 2.31. The second kappa shape index (κ2) is 5.55. The first-order chi connectivity index (χ1) is 9.70. The molecule has 0 aromatic heterocycles. The summed E-state index contributed by atoms with van der Waals surface area (Å²) in [5.74, 6) is -1.92. The summed E-state index contributed by atoms with van der Waals surface area (Å²) in [6.07, 6.45) is -3.85. The summed E-state index contributed by atoms with van der Waals surface area (Å²) in [5.41, 5.74) is -1.30. The van der Waals surface area contributed by atoms with E-state index >= 15 is 0 Å². The van der Waals surface area contributed by atoms with Crippen molar-refractivity contribution in [3.63, 3.8) is 0 Å². The van der Waals surface area contributed by atoms with Gasteiger partial charge in [0.25, 0.3) is 5.91 Å². The maximum Gasteiger partial charge on any atom is 0.416 e. The van der Waals surface area contributed by atoms with Gasteiger partial charge in [-0.15, -0.1) is 0 Å². The van der Waals surface area contributed by atoms with E-state index in [1.165, 1.54) is 0 Å². The van der Waals surface area contributed by atoms with E-state index in [-0.39, 0.29) is 23.6 Å². The Labute approximate surface area is 123 Å². The van der Waals surface area contributed by atoms with E-state index in [0.717, 1.165) is 17.0 Å². The van der Waals surface area contributed by atoms with Crippen molar-refractivity contribution in [3.8, 4) is 0 Å². The van der Waals surface area contributed by atoms with Crippen LogP contribution in [0, 0.1) is 0 Å². The van der Waals surface area contributed by atoms with Crippen LogP contribution in [0.4, 0.5) is 13.2 Å². The molecule has 1 saturated heterocycles. The lowest BCUT2D eigenvalue weighted by Gasteiger charge is -2.22. The standard InChI is InChI=1S/C13H11ClF3NO3/c14-9-5-7(4-8(6-9)13(15,16)17)11(19)18-3-1-2-10(18)12(20)21/h4-6,10H,1-3H2,(H,20,21)/t10-/m1/s1. The summed E-state index contributed by atoms with van der Waals surface area (Å²) in [5, 5.41) is 8.80. The molecule has 8 heteroatoms. The van der Waals surface area contributed by atoms with Crippen molar-refractivity contribution in [3.05, 3.63) is 34.3 Å². The van der Waals surface area contributed by atoms with Crippen molar-refractivity contribution in [1.29, 1.82) is 0 Å². The molecule has 114 valence electrons. The molecular formula is C13H11ClF3NO3. The lowest BCUT2D eigenvalue weighted by Crippen LogP contribution is -2.40. The molecule has 2 rings (SSSR count). The van der Waals surface area contributed by atoms with Gasteiger partial charge in [-0.25, -0.2) is 4.79 Å². The minimum absolute atomic E-state index is 0.198. The van der Waals surface area contributed by atoms with Crippen molar-refractivity contribution < 1.29 is 27.9 Å². The molecular weight excluding hydrogens is 311 g/mol. The number of carboxylic acid groups (broad SMARTS) is 1. The van der Waals surface area contributed by atoms with Gasteiger partial charge in [0.15, 0.2) is 0 Å². The largest absolute Gasteiger partial charge is 0.480 e. The van der Waals surface area contributed by atoms with Crippen LogP contribution in [-0.2, 0) is 11.0 Å². The SMILES string of the molecule is O=C(O)[C@H]1CCCN1C(=O)c1cc(Cl)cc(C(F)(F)F)c1. The summed E-state index contributed by atoms with van der Waals surface area (Å²) >= 11 is 5.62. The Kier molecular flexibility index (Phi) is 4.13. The van der Waals surface area contributed by atoms with Gasteiger partial charge in [-0.2, -0.15) is 13.2 Å². The van der Waals surface area contributed by atoms with Crippen molar-refractivity contribution in [2.45, 2.75) is 25.1 Å². The number of halogens is 4. The molecule has 1 N–H and O–H groups in total. The van der Waals surface area contributed by atoms with E-state index < -0.39 is 29.7 Å². The highest BCUT2D eigenvalue weighted by atomic mass is 35.5. The van der Waals surface area contributed by atoms with Gasteiger partial charge in [-0.05, 0) is 31.0 Å². The van der Waals surface area contributed by atoms with Gasteiger partial charge in [0.05, 0.1) is 5.56 Å². The number of amides is 1. The Morgan fingerprint density at radius 1 is 1.29 bits per heavy atom. The zero-order valence-electron chi connectivity index (χ0n) is 10.7. The van der Waals surface area contributed by atoms with Crippen LogP contribution in [0.15, 0.2) is 18.2 Å². The molecule has 0 aliphatic carbocycles. The Hall–Kier alpha value is -1.76. The third-order valence-corrected chi connectivity index (χ3v) is 3.49. The summed E-state index contributed by atoms with van der Waals surface area (Å²) in [7, 11) is 0. The average Bonchev–Trinajstić information content (AvgIpc) is 2.85. The van der Waals surface area contributed by atoms with Crippen LogP contribution in [-0.4, -0.2) is 34.5 Å². The van der Waals surface area contributed by atoms with Gasteiger partial charge in [-0.3, -0.25) is 4.79 Å². The minimum Gasteiger partial charge on any atom is -0.480 e. The molecule has 1 atom stereocenters. The maximum atomic E-state index is 12.7. The van der Waals surface area contributed by atoms with E-state index in [1.807, 2.05) is 0 Å². The second-order valence-electron chi connectivity index (χ2n) is 4.72. The van der Waals surface area contributed by atoms with E-state index in [4.69, 9.17) is 16.7 Å². The molecule has 0 spiro atoms. The molecule has 1 amide bonds. The molecule has 0 saturated carbocycles. The highest BCUT2D eigenvalue weighted by molar-refractivity contribution is 6.31. The van der Waals surface area contributed by atoms with Gasteiger partial charge in [0.1, 0.15) is 6.04 Å². The molecule has 1 aliphatic heterocycles. The van der Waals surface area contributed by atoms with E-state index in [9.17, 15) is 22.8 Å². The number of carboxylic acids is 1. The number of likely N-dealkylation sites (tertiary alicyclic amines) is 1. The highest BCUT2D eigenvalue weighted by Gasteiger charge is 2.36. The fraction of sp³-hybridized carbons (Fsp3) is 0.385. The summed E-state index contributed by atoms with van der Waals surface area (Å²) in [6, 6.07) is 1.50. The first kappa shape index (κ1) is 15.6. The zero-order chi connectivity index (χ0) is 15.8. The molecule has 1 aromatic carbocycles. The molecule has 0 bridgehead atoms. The number of benzene rings is 1. The third kappa shape index (κ3) is 3.29. The smallest absolute Gasteiger partial charge is 0.416 e. The Morgan fingerprint density at radius 2 is 1.95 bits per heavy atom. The van der Waals surface area contributed by atoms with Crippen molar-refractivity contribution in [1.82, 2.24) is 4.90 Å². The van der Waals surface area contributed by atoms with Gasteiger partial charge in [0.2, 0.25) is 0 Å². The monoisotopic (exact) mass is 321 g/mol. The first-order valence-corrected chi connectivity index (χ1v) is 6.49. The van der Waals surface area contributed by atoms with E-state index in [0.29, 0.717) is 12.5 Å². The Morgan fingerprint density at radius 3 is 2.52 bits per heavy atom. The van der Waals surface area contributed by atoms with Crippen LogP contribution in [0.2, 0.25) is 5.02 Å². The molecule has 0 unspecified atom stereocenters. The average molecular weight is 322 g/mol. The molecule has 1 fully saturated rings. The highest BCUT2D eigenvalue weighted by Crippen LogP contribution is 2.32. The number of carbonyl (C=O) groups excluding carboxylic acids is 1. The molecule has 1 aliphatic rings. The van der Waals surface area contributed by atoms with Gasteiger partial charge < -0.3 is 10.0 Å². The van der Waals surface area contributed by atoms with E-state index in [2.05, 4.69) is 0 Å². The number of rotatable bonds is 2. The zero-order valence-corrected chi connectivity index (χ0v) is 11.4. The predicted octanol–water partition coefficient (Wildman–Crippen LogP) is 3.05. The molecule has 21 heavy (non-hydrogen) atoms. The normalized spacial score (nSPS) is 18.9. The lowest BCUT2D eigenvalue weighted by atomic mass is 10.1. The fourth-order valence-corrected chi connectivity index (χ4v) is 2.54. The number of aliphatic carboxylic acids is 1. The molecule has 1 aromatic rings. The summed E-state index contributed by atoms with van der Waals surface area (Å²) in [4.78, 5) is 24.3. The van der Waals surface area contributed by atoms with Crippen LogP contribution in [0.25, 0.3) is 0 Å². The maximum absolute atomic E-state index is 12.7. The van der Waals surface area contributed by atoms with Crippen molar-refractivity contribution in [2.24, 2.45) is 0 Å². The van der Waals surface area contributed by atoms with Gasteiger partial charge in [0, 0.05) is 17.1 Å². The van der Waals surface area contributed by atoms with Gasteiger partial charge in [-0.1, -0.05) is 11.6 Å². The van der Waals surface area contributed by atoms with Crippen LogP contribution in [0.5, 0.6) is 0 Å². The second-order valence-corrected chi connectivity index (χ2v) is 5.16. The minimum atomic E-state index is -4.63. The van der Waals surface area contributed by atoms with E-state index in [1.54, 1.807) is 0 Å².